The van der Waals surface area contributed by atoms with Gasteiger partial charge in [0.1, 0.15) is 6.07 Å². The summed E-state index contributed by atoms with van der Waals surface area (Å²) in [7, 11) is 0. The number of aromatic carboxylic acids is 1. The lowest BCUT2D eigenvalue weighted by Gasteiger charge is -2.05. The number of nitrogens with zero attached hydrogens (tertiary/aromatic N) is 1. The molecule has 1 aromatic carbocycles. The summed E-state index contributed by atoms with van der Waals surface area (Å²) in [6, 6.07) is 4.97. The number of hydrogen-bond donors (Lipinski definition) is 1. The van der Waals surface area contributed by atoms with Crippen LogP contribution in [0.5, 0.6) is 0 Å². The third kappa shape index (κ3) is 1.97. The zero-order valence-corrected chi connectivity index (χ0v) is 10.1. The second-order valence-electron chi connectivity index (χ2n) is 2.51. The molecule has 0 heterocycles. The fourth-order valence-corrected chi connectivity index (χ4v) is 2.43. The molecule has 1 rings (SSSR count). The Morgan fingerprint density at radius 2 is 2.21 bits per heavy atom. The van der Waals surface area contributed by atoms with Gasteiger partial charge in [0, 0.05) is 9.80 Å². The number of alkyl halides is 1. The predicted octanol–water partition coefficient (Wildman–Crippen LogP) is 2.91. The van der Waals surface area contributed by atoms with E-state index in [1.807, 2.05) is 6.07 Å². The monoisotopic (exact) mass is 317 g/mol. The minimum absolute atomic E-state index is 0.0177. The highest BCUT2D eigenvalue weighted by Gasteiger charge is 2.14. The van der Waals surface area contributed by atoms with E-state index in [-0.39, 0.29) is 11.1 Å². The van der Waals surface area contributed by atoms with E-state index >= 15 is 0 Å². The number of carboxylic acid groups (broad SMARTS) is 1. The Hall–Kier alpha value is -0.860. The van der Waals surface area contributed by atoms with Crippen molar-refractivity contribution in [2.24, 2.45) is 0 Å². The van der Waals surface area contributed by atoms with Crippen molar-refractivity contribution in [2.45, 2.75) is 5.33 Å². The average molecular weight is 319 g/mol. The van der Waals surface area contributed by atoms with Crippen LogP contribution in [-0.4, -0.2) is 11.1 Å². The van der Waals surface area contributed by atoms with Gasteiger partial charge in [0.25, 0.3) is 0 Å². The van der Waals surface area contributed by atoms with Crippen LogP contribution in [0.1, 0.15) is 21.5 Å². The van der Waals surface area contributed by atoms with Crippen molar-refractivity contribution in [1.29, 1.82) is 5.26 Å². The fraction of sp³-hybridized carbons (Fsp3) is 0.111. The van der Waals surface area contributed by atoms with Gasteiger partial charge in [-0.3, -0.25) is 0 Å². The van der Waals surface area contributed by atoms with Crippen molar-refractivity contribution in [2.75, 3.05) is 0 Å². The van der Waals surface area contributed by atoms with Crippen molar-refractivity contribution in [3.05, 3.63) is 33.3 Å². The van der Waals surface area contributed by atoms with Crippen molar-refractivity contribution < 1.29 is 9.90 Å². The van der Waals surface area contributed by atoms with Crippen LogP contribution in [0.25, 0.3) is 0 Å². The van der Waals surface area contributed by atoms with E-state index < -0.39 is 5.97 Å². The normalized spacial score (nSPS) is 9.50. The Balaban J connectivity index is 3.45. The Morgan fingerprint density at radius 3 is 2.64 bits per heavy atom. The molecule has 1 aromatic rings. The molecule has 0 unspecified atom stereocenters. The van der Waals surface area contributed by atoms with Crippen LogP contribution in [0, 0.1) is 11.3 Å². The van der Waals surface area contributed by atoms with Gasteiger partial charge in [-0.1, -0.05) is 22.0 Å². The topological polar surface area (TPSA) is 61.1 Å². The lowest BCUT2D eigenvalue weighted by atomic mass is 10.1. The number of halogens is 2. The van der Waals surface area contributed by atoms with Crippen LogP contribution < -0.4 is 0 Å². The molecule has 1 N–H and O–H groups in total. The number of hydrogen-bond acceptors (Lipinski definition) is 2. The van der Waals surface area contributed by atoms with Crippen molar-refractivity contribution in [1.82, 2.24) is 0 Å². The summed E-state index contributed by atoms with van der Waals surface area (Å²) in [5.74, 6) is -1.09. The Bertz CT molecular complexity index is 424. The molecule has 0 spiro atoms. The van der Waals surface area contributed by atoms with E-state index in [2.05, 4.69) is 31.9 Å². The molecule has 0 amide bonds. The molecular weight excluding hydrogens is 314 g/mol. The summed E-state index contributed by atoms with van der Waals surface area (Å²) in [5.41, 5.74) is 1.03. The Labute approximate surface area is 97.6 Å². The van der Waals surface area contributed by atoms with Gasteiger partial charge in [0.2, 0.25) is 0 Å². The third-order valence-electron chi connectivity index (χ3n) is 1.71. The van der Waals surface area contributed by atoms with Gasteiger partial charge < -0.3 is 5.11 Å². The SMILES string of the molecule is N#Cc1c(C(=O)O)ccc(CBr)c1Br. The zero-order valence-electron chi connectivity index (χ0n) is 6.92. The van der Waals surface area contributed by atoms with Crippen LogP contribution in [0.3, 0.4) is 0 Å². The maximum absolute atomic E-state index is 10.7. The third-order valence-corrected chi connectivity index (χ3v) is 3.22. The smallest absolute Gasteiger partial charge is 0.337 e. The van der Waals surface area contributed by atoms with E-state index in [0.717, 1.165) is 5.56 Å². The molecular formula is C9H5Br2NO2. The minimum Gasteiger partial charge on any atom is -0.478 e. The van der Waals surface area contributed by atoms with Gasteiger partial charge in [-0.25, -0.2) is 4.79 Å². The fourth-order valence-electron chi connectivity index (χ4n) is 1.01. The van der Waals surface area contributed by atoms with Crippen LogP contribution in [0.15, 0.2) is 16.6 Å². The lowest BCUT2D eigenvalue weighted by molar-refractivity contribution is 0.0696. The van der Waals surface area contributed by atoms with Crippen molar-refractivity contribution in [3.8, 4) is 6.07 Å². The van der Waals surface area contributed by atoms with Crippen LogP contribution in [0.4, 0.5) is 0 Å². The van der Waals surface area contributed by atoms with Crippen molar-refractivity contribution >= 4 is 37.8 Å². The predicted molar refractivity (Wildman–Crippen MR) is 58.4 cm³/mol. The van der Waals surface area contributed by atoms with E-state index in [1.54, 1.807) is 6.07 Å². The highest BCUT2D eigenvalue weighted by Crippen LogP contribution is 2.26. The van der Waals surface area contributed by atoms with E-state index in [0.29, 0.717) is 9.80 Å². The van der Waals surface area contributed by atoms with Gasteiger partial charge >= 0.3 is 5.97 Å². The number of benzene rings is 1. The summed E-state index contributed by atoms with van der Waals surface area (Å²) in [6.07, 6.45) is 0. The first-order chi connectivity index (χ1) is 6.61. The number of nitriles is 1. The summed E-state index contributed by atoms with van der Waals surface area (Å²) in [4.78, 5) is 10.7. The van der Waals surface area contributed by atoms with Crippen molar-refractivity contribution in [3.63, 3.8) is 0 Å². The van der Waals surface area contributed by atoms with Gasteiger partial charge in [-0.2, -0.15) is 5.26 Å². The van der Waals surface area contributed by atoms with Gasteiger partial charge in [-0.15, -0.1) is 0 Å². The molecule has 0 saturated heterocycles. The van der Waals surface area contributed by atoms with E-state index in [4.69, 9.17) is 10.4 Å². The summed E-state index contributed by atoms with van der Waals surface area (Å²) in [5, 5.41) is 18.2. The summed E-state index contributed by atoms with van der Waals surface area (Å²) in [6.45, 7) is 0. The molecule has 0 fully saturated rings. The van der Waals surface area contributed by atoms with Crippen LogP contribution in [0.2, 0.25) is 0 Å². The molecule has 0 aliphatic heterocycles. The first-order valence-corrected chi connectivity index (χ1v) is 5.54. The minimum atomic E-state index is -1.09. The summed E-state index contributed by atoms with van der Waals surface area (Å²) < 4.78 is 0.539. The lowest BCUT2D eigenvalue weighted by Crippen LogP contribution is -2.02. The second kappa shape index (κ2) is 4.58. The first kappa shape index (κ1) is 11.2. The molecule has 5 heteroatoms. The Kier molecular flexibility index (Phi) is 3.67. The number of rotatable bonds is 2. The highest BCUT2D eigenvalue weighted by atomic mass is 79.9. The number of carboxylic acids is 1. The molecule has 0 bridgehead atoms. The Morgan fingerprint density at radius 1 is 1.57 bits per heavy atom. The molecule has 0 aliphatic rings. The maximum Gasteiger partial charge on any atom is 0.337 e. The molecule has 3 nitrogen and oxygen atoms in total. The molecule has 0 radical (unpaired) electrons. The van der Waals surface area contributed by atoms with Gasteiger partial charge in [0.15, 0.2) is 0 Å². The van der Waals surface area contributed by atoms with E-state index in [1.165, 1.54) is 6.07 Å². The van der Waals surface area contributed by atoms with Crippen LogP contribution >= 0.6 is 31.9 Å². The van der Waals surface area contributed by atoms with Crippen LogP contribution in [-0.2, 0) is 5.33 Å². The largest absolute Gasteiger partial charge is 0.478 e. The molecule has 0 atom stereocenters. The number of carbonyl (C=O) groups is 1. The first-order valence-electron chi connectivity index (χ1n) is 3.62. The standard InChI is InChI=1S/C9H5Br2NO2/c10-3-5-1-2-6(9(13)14)7(4-12)8(5)11/h1-2H,3H2,(H,13,14). The molecule has 14 heavy (non-hydrogen) atoms. The highest BCUT2D eigenvalue weighted by molar-refractivity contribution is 9.10. The van der Waals surface area contributed by atoms with Gasteiger partial charge in [-0.05, 0) is 27.6 Å². The molecule has 0 aliphatic carbocycles. The van der Waals surface area contributed by atoms with Gasteiger partial charge in [0.05, 0.1) is 11.1 Å². The second-order valence-corrected chi connectivity index (χ2v) is 3.87. The molecule has 72 valence electrons. The summed E-state index contributed by atoms with van der Waals surface area (Å²) >= 11 is 6.45. The molecule has 0 aromatic heterocycles. The molecule has 0 saturated carbocycles. The average Bonchev–Trinajstić information content (AvgIpc) is 2.17. The quantitative estimate of drug-likeness (QED) is 0.853. The maximum atomic E-state index is 10.7. The van der Waals surface area contributed by atoms with E-state index in [9.17, 15) is 4.79 Å². The zero-order chi connectivity index (χ0) is 10.7.